The van der Waals surface area contributed by atoms with Crippen LogP contribution in [0.2, 0.25) is 0 Å². The molecule has 4 fully saturated rings. The number of fused-ring (bicyclic) bond motifs is 11. The van der Waals surface area contributed by atoms with Crippen molar-refractivity contribution in [1.29, 1.82) is 0 Å². The molecule has 6 unspecified atom stereocenters. The predicted molar refractivity (Wildman–Crippen MR) is 246 cm³/mol. The molecule has 0 N–H and O–H groups in total. The van der Waals surface area contributed by atoms with Crippen LogP contribution in [0.25, 0.3) is 22.3 Å². The lowest BCUT2D eigenvalue weighted by atomic mass is 9.26. The van der Waals surface area contributed by atoms with E-state index in [-0.39, 0.29) is 21.7 Å². The van der Waals surface area contributed by atoms with Crippen molar-refractivity contribution in [2.75, 3.05) is 4.90 Å². The summed E-state index contributed by atoms with van der Waals surface area (Å²) in [4.78, 5) is 5.61. The highest BCUT2D eigenvalue weighted by atomic mass is 32.2. The average Bonchev–Trinajstić information content (AvgIpc) is 3.85. The van der Waals surface area contributed by atoms with Crippen molar-refractivity contribution in [3.8, 4) is 22.3 Å². The van der Waals surface area contributed by atoms with Crippen LogP contribution in [0.5, 0.6) is 0 Å². The van der Waals surface area contributed by atoms with E-state index in [9.17, 15) is 0 Å². The average molecular weight is 786 g/mol. The van der Waals surface area contributed by atoms with Crippen LogP contribution in [0.1, 0.15) is 113 Å². The number of hydrogen-bond donors (Lipinski definition) is 0. The number of anilines is 3. The Balaban J connectivity index is 1.03. The number of hydrogen-bond acceptors (Lipinski definition) is 2. The smallest absolute Gasteiger partial charge is 0.0465 e. The van der Waals surface area contributed by atoms with E-state index in [4.69, 9.17) is 0 Å². The van der Waals surface area contributed by atoms with Crippen LogP contribution in [-0.4, -0.2) is 0 Å². The van der Waals surface area contributed by atoms with Crippen molar-refractivity contribution in [3.05, 3.63) is 161 Å². The van der Waals surface area contributed by atoms with Gasteiger partial charge in [-0.1, -0.05) is 126 Å². The third kappa shape index (κ3) is 4.35. The maximum absolute atomic E-state index is 2.70. The predicted octanol–water partition coefficient (Wildman–Crippen LogP) is 15.3. The van der Waals surface area contributed by atoms with Crippen LogP contribution in [-0.2, 0) is 21.7 Å². The highest BCUT2D eigenvalue weighted by Crippen LogP contribution is 2.89. The van der Waals surface area contributed by atoms with Gasteiger partial charge in [0.25, 0.3) is 0 Å². The highest BCUT2D eigenvalue weighted by Gasteiger charge is 2.84. The maximum Gasteiger partial charge on any atom is 0.0465 e. The first kappa shape index (κ1) is 35.2. The quantitative estimate of drug-likeness (QED) is 0.175. The van der Waals surface area contributed by atoms with Crippen molar-refractivity contribution in [3.63, 3.8) is 0 Å². The molecule has 294 valence electrons. The van der Waals surface area contributed by atoms with Gasteiger partial charge in [0.15, 0.2) is 0 Å². The molecule has 0 amide bonds. The van der Waals surface area contributed by atoms with Gasteiger partial charge in [-0.05, 0) is 189 Å². The first-order chi connectivity index (χ1) is 28.4. The summed E-state index contributed by atoms with van der Waals surface area (Å²) >= 11 is 2.03. The molecular formula is C57H55NS. The molecular weight excluding hydrogens is 731 g/mol. The second kappa shape index (κ2) is 11.4. The largest absolute Gasteiger partial charge is 0.310 e. The van der Waals surface area contributed by atoms with E-state index in [0.29, 0.717) is 5.41 Å². The van der Waals surface area contributed by atoms with Gasteiger partial charge in [-0.25, -0.2) is 0 Å². The summed E-state index contributed by atoms with van der Waals surface area (Å²) in [7, 11) is 0. The first-order valence-corrected chi connectivity index (χ1v) is 23.4. The number of rotatable bonds is 4. The van der Waals surface area contributed by atoms with E-state index in [1.54, 1.807) is 11.1 Å². The van der Waals surface area contributed by atoms with Gasteiger partial charge in [0.1, 0.15) is 0 Å². The van der Waals surface area contributed by atoms with Crippen molar-refractivity contribution in [2.45, 2.75) is 112 Å². The fourth-order valence-electron chi connectivity index (χ4n) is 15.1. The second-order valence-electron chi connectivity index (χ2n) is 21.7. The lowest BCUT2D eigenvalue weighted by molar-refractivity contribution is -0.235. The van der Waals surface area contributed by atoms with Crippen LogP contribution < -0.4 is 4.90 Å². The Morgan fingerprint density at radius 1 is 0.492 bits per heavy atom. The molecule has 4 saturated carbocycles. The van der Waals surface area contributed by atoms with E-state index in [1.807, 2.05) is 11.8 Å². The highest BCUT2D eigenvalue weighted by molar-refractivity contribution is 7.99. The second-order valence-corrected chi connectivity index (χ2v) is 22.7. The number of nitrogens with zero attached hydrogens (tertiary/aromatic N) is 1. The molecule has 6 aromatic rings. The minimum absolute atomic E-state index is 0.0670. The monoisotopic (exact) mass is 785 g/mol. The SMILES string of the molecule is CC1(C)CCC(C)(C)c2cc(N(c3ccc4c(c3)C(C)(C)c3ccccc3-4)c3ccc4c(c3)C3(c5cc(-c6ccccc6)ccc5S4)C4CC5CC6CC3C64C5)ccc21. The lowest BCUT2D eigenvalue weighted by Crippen LogP contribution is -2.74. The van der Waals surface area contributed by atoms with Gasteiger partial charge >= 0.3 is 0 Å². The Labute approximate surface area is 355 Å². The Morgan fingerprint density at radius 2 is 1.10 bits per heavy atom. The molecule has 1 nitrogen and oxygen atoms in total. The Bertz CT molecular complexity index is 2790. The van der Waals surface area contributed by atoms with Crippen LogP contribution >= 0.6 is 11.8 Å². The van der Waals surface area contributed by atoms with Gasteiger partial charge in [-0.2, -0.15) is 0 Å². The summed E-state index contributed by atoms with van der Waals surface area (Å²) in [5.41, 5.74) is 19.3. The van der Waals surface area contributed by atoms with Crippen molar-refractivity contribution < 1.29 is 0 Å². The molecule has 0 radical (unpaired) electrons. The molecule has 0 aromatic heterocycles. The Kier molecular flexibility index (Phi) is 6.83. The van der Waals surface area contributed by atoms with E-state index >= 15 is 0 Å². The summed E-state index contributed by atoms with van der Waals surface area (Å²) in [6, 6.07) is 50.3. The zero-order valence-corrected chi connectivity index (χ0v) is 36.3. The van der Waals surface area contributed by atoms with Crippen molar-refractivity contribution in [1.82, 2.24) is 0 Å². The Hall–Kier alpha value is -4.53. The summed E-state index contributed by atoms with van der Waals surface area (Å²) in [6.07, 6.45) is 8.19. The zero-order valence-electron chi connectivity index (χ0n) is 35.5. The number of benzene rings is 6. The van der Waals surface area contributed by atoms with E-state index < -0.39 is 0 Å². The third-order valence-corrected chi connectivity index (χ3v) is 19.0. The third-order valence-electron chi connectivity index (χ3n) is 17.8. The summed E-state index contributed by atoms with van der Waals surface area (Å²) in [5.74, 6) is 3.32. The fourth-order valence-corrected chi connectivity index (χ4v) is 16.2. The summed E-state index contributed by atoms with van der Waals surface area (Å²) < 4.78 is 0. The van der Waals surface area contributed by atoms with Crippen molar-refractivity contribution in [2.24, 2.45) is 29.1 Å². The van der Waals surface area contributed by atoms with Gasteiger partial charge in [0.2, 0.25) is 0 Å². The van der Waals surface area contributed by atoms with Gasteiger partial charge in [0, 0.05) is 37.7 Å². The molecule has 2 spiro atoms. The van der Waals surface area contributed by atoms with Gasteiger partial charge in [-0.3, -0.25) is 0 Å². The van der Waals surface area contributed by atoms with Crippen LogP contribution in [0, 0.1) is 29.1 Å². The molecule has 6 aliphatic carbocycles. The first-order valence-electron chi connectivity index (χ1n) is 22.6. The van der Waals surface area contributed by atoms with Gasteiger partial charge in [0.05, 0.1) is 0 Å². The Morgan fingerprint density at radius 3 is 1.88 bits per heavy atom. The van der Waals surface area contributed by atoms with Crippen LogP contribution in [0.4, 0.5) is 17.1 Å². The fraction of sp³-hybridized carbons (Fsp3) is 0.368. The molecule has 7 aliphatic rings. The minimum atomic E-state index is -0.0744. The van der Waals surface area contributed by atoms with Crippen LogP contribution in [0.15, 0.2) is 137 Å². The zero-order chi connectivity index (χ0) is 39.8. The van der Waals surface area contributed by atoms with Crippen LogP contribution in [0.3, 0.4) is 0 Å². The molecule has 6 aromatic carbocycles. The molecule has 1 aliphatic heterocycles. The van der Waals surface area contributed by atoms with Gasteiger partial charge < -0.3 is 4.90 Å². The minimum Gasteiger partial charge on any atom is -0.310 e. The molecule has 0 saturated heterocycles. The topological polar surface area (TPSA) is 3.24 Å². The van der Waals surface area contributed by atoms with E-state index in [1.165, 1.54) is 110 Å². The van der Waals surface area contributed by atoms with E-state index in [2.05, 4.69) is 174 Å². The normalized spacial score (nSPS) is 29.6. The molecule has 13 rings (SSSR count). The molecule has 2 bridgehead atoms. The van der Waals surface area contributed by atoms with E-state index in [0.717, 1.165) is 23.7 Å². The maximum atomic E-state index is 2.70. The molecule has 59 heavy (non-hydrogen) atoms. The van der Waals surface area contributed by atoms with Gasteiger partial charge in [-0.15, -0.1) is 0 Å². The lowest BCUT2D eigenvalue weighted by Gasteiger charge is -2.78. The summed E-state index contributed by atoms with van der Waals surface area (Å²) in [5, 5.41) is 0. The molecule has 2 heteroatoms. The standard InChI is InChI=1S/C57H55NS/c1-53(2)24-25-54(3,4)46-31-39(18-21-44(46)53)58(38-17-20-42-41-14-10-11-15-43(41)55(5,6)45(42)30-38)40-19-23-50-48(32-40)57(51-27-34-26-37-29-52(57)56(37,51)33-34)47-28-36(16-22-49(47)59-50)35-12-8-7-9-13-35/h7-23,28,30-32,34,37,51-52H,24-27,29,33H2,1-6H3. The van der Waals surface area contributed by atoms with Crippen molar-refractivity contribution >= 4 is 28.8 Å². The molecule has 6 atom stereocenters. The summed E-state index contributed by atoms with van der Waals surface area (Å²) in [6.45, 7) is 14.7. The molecule has 1 heterocycles.